The maximum Gasteiger partial charge on any atom is 0.275 e. The molecule has 2 aromatic carbocycles. The van der Waals surface area contributed by atoms with Crippen LogP contribution in [0.2, 0.25) is 0 Å². The summed E-state index contributed by atoms with van der Waals surface area (Å²) in [6.07, 6.45) is 7.73. The Hall–Kier alpha value is -3.60. The van der Waals surface area contributed by atoms with Gasteiger partial charge in [0.1, 0.15) is 11.2 Å². The van der Waals surface area contributed by atoms with E-state index in [1.54, 1.807) is 4.57 Å². The molecule has 4 aromatic rings. The van der Waals surface area contributed by atoms with Gasteiger partial charge in [0.25, 0.3) is 11.5 Å². The summed E-state index contributed by atoms with van der Waals surface area (Å²) in [5.41, 5.74) is 4.06. The molecule has 1 aliphatic carbocycles. The van der Waals surface area contributed by atoms with E-state index in [9.17, 15) is 9.59 Å². The average molecular weight is 468 g/mol. The Kier molecular flexibility index (Phi) is 6.84. The molecule has 0 bridgehead atoms. The van der Waals surface area contributed by atoms with Gasteiger partial charge >= 0.3 is 0 Å². The SMILES string of the molecule is CC1CCC(NC(=O)c2cn3c(-c4ccccc4)ccc3c(=O)n2CCCc2ccccc2)CC1. The van der Waals surface area contributed by atoms with Gasteiger partial charge in [-0.2, -0.15) is 0 Å². The van der Waals surface area contributed by atoms with Crippen LogP contribution in [0.4, 0.5) is 0 Å². The number of carbonyl (C=O) groups is 1. The summed E-state index contributed by atoms with van der Waals surface area (Å²) in [6.45, 7) is 2.77. The zero-order chi connectivity index (χ0) is 24.2. The van der Waals surface area contributed by atoms with Gasteiger partial charge in [-0.15, -0.1) is 0 Å². The van der Waals surface area contributed by atoms with Gasteiger partial charge in [-0.1, -0.05) is 67.6 Å². The Labute approximate surface area is 206 Å². The highest BCUT2D eigenvalue weighted by Gasteiger charge is 2.23. The molecule has 0 atom stereocenters. The van der Waals surface area contributed by atoms with Crippen molar-refractivity contribution in [3.05, 3.63) is 101 Å². The standard InChI is InChI=1S/C30H33N3O2/c1-22-14-16-25(17-15-22)31-29(34)28-21-33-26(24-12-6-3-7-13-24)18-19-27(33)30(35)32(28)20-8-11-23-9-4-2-5-10-23/h2-7,9-10,12-13,18-19,21-22,25H,8,11,14-17,20H2,1H3,(H,31,34). The van der Waals surface area contributed by atoms with E-state index < -0.39 is 0 Å². The molecule has 0 unspecified atom stereocenters. The van der Waals surface area contributed by atoms with Crippen LogP contribution in [0.3, 0.4) is 0 Å². The molecule has 1 amide bonds. The highest BCUT2D eigenvalue weighted by Crippen LogP contribution is 2.24. The summed E-state index contributed by atoms with van der Waals surface area (Å²) in [5, 5.41) is 3.24. The predicted octanol–water partition coefficient (Wildman–Crippen LogP) is 5.71. The summed E-state index contributed by atoms with van der Waals surface area (Å²) < 4.78 is 3.55. The summed E-state index contributed by atoms with van der Waals surface area (Å²) >= 11 is 0. The van der Waals surface area contributed by atoms with Crippen LogP contribution < -0.4 is 10.9 Å². The van der Waals surface area contributed by atoms with Crippen LogP contribution in [0, 0.1) is 5.92 Å². The van der Waals surface area contributed by atoms with E-state index in [-0.39, 0.29) is 17.5 Å². The Morgan fingerprint density at radius 3 is 2.31 bits per heavy atom. The molecule has 0 aliphatic heterocycles. The van der Waals surface area contributed by atoms with Crippen molar-refractivity contribution in [3.63, 3.8) is 0 Å². The first-order valence-electron chi connectivity index (χ1n) is 12.8. The third-order valence-electron chi connectivity index (χ3n) is 7.27. The van der Waals surface area contributed by atoms with E-state index in [4.69, 9.17) is 0 Å². The largest absolute Gasteiger partial charge is 0.348 e. The van der Waals surface area contributed by atoms with E-state index in [1.807, 2.05) is 71.3 Å². The van der Waals surface area contributed by atoms with Gasteiger partial charge in [-0.3, -0.25) is 9.59 Å². The number of rotatable bonds is 7. The lowest BCUT2D eigenvalue weighted by Crippen LogP contribution is -2.40. The van der Waals surface area contributed by atoms with E-state index in [1.165, 1.54) is 5.56 Å². The Balaban J connectivity index is 1.49. The van der Waals surface area contributed by atoms with Gasteiger partial charge in [0.2, 0.25) is 0 Å². The lowest BCUT2D eigenvalue weighted by molar-refractivity contribution is 0.0911. The first-order valence-corrected chi connectivity index (χ1v) is 12.8. The topological polar surface area (TPSA) is 55.5 Å². The maximum atomic E-state index is 13.6. The molecule has 5 heteroatoms. The van der Waals surface area contributed by atoms with Crippen molar-refractivity contribution in [2.75, 3.05) is 0 Å². The van der Waals surface area contributed by atoms with Crippen molar-refractivity contribution in [2.24, 2.45) is 5.92 Å². The normalized spacial score (nSPS) is 18.0. The number of aryl methyl sites for hydroxylation is 1. The lowest BCUT2D eigenvalue weighted by Gasteiger charge is -2.27. The monoisotopic (exact) mass is 467 g/mol. The van der Waals surface area contributed by atoms with Gasteiger partial charge in [0, 0.05) is 18.8 Å². The minimum atomic E-state index is -0.157. The van der Waals surface area contributed by atoms with E-state index in [2.05, 4.69) is 24.4 Å². The fourth-order valence-corrected chi connectivity index (χ4v) is 5.20. The van der Waals surface area contributed by atoms with Crippen LogP contribution in [0.1, 0.15) is 55.1 Å². The molecule has 0 saturated heterocycles. The molecule has 2 aromatic heterocycles. The summed E-state index contributed by atoms with van der Waals surface area (Å²) in [7, 11) is 0. The highest BCUT2D eigenvalue weighted by atomic mass is 16.2. The van der Waals surface area contributed by atoms with Crippen LogP contribution in [-0.2, 0) is 13.0 Å². The molecular weight excluding hydrogens is 434 g/mol. The number of nitrogens with one attached hydrogen (secondary N) is 1. The quantitative estimate of drug-likeness (QED) is 0.379. The van der Waals surface area contributed by atoms with E-state index in [0.717, 1.165) is 49.8 Å². The van der Waals surface area contributed by atoms with E-state index >= 15 is 0 Å². The van der Waals surface area contributed by atoms with Gasteiger partial charge in [-0.25, -0.2) is 0 Å². The van der Waals surface area contributed by atoms with Gasteiger partial charge < -0.3 is 14.3 Å². The molecule has 0 spiro atoms. The molecule has 1 saturated carbocycles. The molecule has 1 fully saturated rings. The smallest absolute Gasteiger partial charge is 0.275 e. The zero-order valence-corrected chi connectivity index (χ0v) is 20.3. The second-order valence-electron chi connectivity index (χ2n) is 9.83. The molecular formula is C30H33N3O2. The molecule has 2 heterocycles. The summed E-state index contributed by atoms with van der Waals surface area (Å²) in [5.74, 6) is 0.556. The van der Waals surface area contributed by atoms with Crippen LogP contribution in [0.5, 0.6) is 0 Å². The third-order valence-corrected chi connectivity index (χ3v) is 7.27. The van der Waals surface area contributed by atoms with Crippen LogP contribution >= 0.6 is 0 Å². The zero-order valence-electron chi connectivity index (χ0n) is 20.3. The maximum absolute atomic E-state index is 13.6. The fourth-order valence-electron chi connectivity index (χ4n) is 5.20. The number of carbonyl (C=O) groups excluding carboxylic acids is 1. The molecule has 5 nitrogen and oxygen atoms in total. The minimum Gasteiger partial charge on any atom is -0.348 e. The lowest BCUT2D eigenvalue weighted by atomic mass is 9.87. The molecule has 1 aliphatic rings. The fraction of sp³-hybridized carbons (Fsp3) is 0.333. The third kappa shape index (κ3) is 5.09. The van der Waals surface area contributed by atoms with Crippen molar-refractivity contribution in [1.82, 2.24) is 14.3 Å². The Morgan fingerprint density at radius 2 is 1.60 bits per heavy atom. The molecule has 5 rings (SSSR count). The summed E-state index contributed by atoms with van der Waals surface area (Å²) in [4.78, 5) is 27.2. The number of hydrogen-bond donors (Lipinski definition) is 1. The van der Waals surface area contributed by atoms with Crippen molar-refractivity contribution in [3.8, 4) is 11.3 Å². The van der Waals surface area contributed by atoms with Crippen molar-refractivity contribution in [1.29, 1.82) is 0 Å². The second kappa shape index (κ2) is 10.3. The van der Waals surface area contributed by atoms with Crippen LogP contribution in [0.15, 0.2) is 83.8 Å². The molecule has 180 valence electrons. The van der Waals surface area contributed by atoms with Crippen molar-refractivity contribution >= 4 is 11.4 Å². The summed E-state index contributed by atoms with van der Waals surface area (Å²) in [6, 6.07) is 24.3. The van der Waals surface area contributed by atoms with Gasteiger partial charge in [0.15, 0.2) is 0 Å². The number of benzene rings is 2. The number of aromatic nitrogens is 2. The molecule has 0 radical (unpaired) electrons. The predicted molar refractivity (Wildman–Crippen MR) is 141 cm³/mol. The molecule has 35 heavy (non-hydrogen) atoms. The van der Waals surface area contributed by atoms with E-state index in [0.29, 0.717) is 23.7 Å². The van der Waals surface area contributed by atoms with Crippen LogP contribution in [0.25, 0.3) is 16.8 Å². The first-order chi connectivity index (χ1) is 17.1. The number of amides is 1. The van der Waals surface area contributed by atoms with Crippen molar-refractivity contribution in [2.45, 2.75) is 58.0 Å². The number of fused-ring (bicyclic) bond motifs is 1. The van der Waals surface area contributed by atoms with Gasteiger partial charge in [-0.05, 0) is 67.7 Å². The number of nitrogens with zero attached hydrogens (tertiary/aromatic N) is 2. The average Bonchev–Trinajstić information content (AvgIpc) is 3.32. The number of hydrogen-bond acceptors (Lipinski definition) is 2. The van der Waals surface area contributed by atoms with Gasteiger partial charge in [0.05, 0.1) is 5.69 Å². The molecule has 1 N–H and O–H groups in total. The van der Waals surface area contributed by atoms with Crippen molar-refractivity contribution < 1.29 is 4.79 Å². The second-order valence-corrected chi connectivity index (χ2v) is 9.83. The first kappa shape index (κ1) is 23.2. The Bertz CT molecular complexity index is 1350. The van der Waals surface area contributed by atoms with Crippen LogP contribution in [-0.4, -0.2) is 20.9 Å². The minimum absolute atomic E-state index is 0.120. The Morgan fingerprint density at radius 1 is 0.914 bits per heavy atom. The highest BCUT2D eigenvalue weighted by molar-refractivity contribution is 5.93.